The van der Waals surface area contributed by atoms with Crippen molar-refractivity contribution in [1.29, 1.82) is 5.26 Å². The van der Waals surface area contributed by atoms with Gasteiger partial charge in [-0.05, 0) is 49.2 Å². The quantitative estimate of drug-likeness (QED) is 0.936. The molecule has 1 unspecified atom stereocenters. The summed E-state index contributed by atoms with van der Waals surface area (Å²) in [6.45, 7) is 1.66. The number of benzene rings is 2. The zero-order valence-corrected chi connectivity index (χ0v) is 12.3. The van der Waals surface area contributed by atoms with Crippen molar-refractivity contribution in [2.45, 2.75) is 18.9 Å². The number of hydrogen-bond acceptors (Lipinski definition) is 3. The Bertz CT molecular complexity index is 675. The minimum atomic E-state index is -0.165. The summed E-state index contributed by atoms with van der Waals surface area (Å²) in [5.74, 6) is -0.165. The van der Waals surface area contributed by atoms with Gasteiger partial charge in [-0.15, -0.1) is 0 Å². The van der Waals surface area contributed by atoms with Gasteiger partial charge in [-0.3, -0.25) is 0 Å². The van der Waals surface area contributed by atoms with Crippen LogP contribution in [0.25, 0.3) is 0 Å². The molecule has 0 aliphatic carbocycles. The van der Waals surface area contributed by atoms with Gasteiger partial charge in [0.05, 0.1) is 17.3 Å². The molecule has 1 heterocycles. The number of rotatable bonds is 3. The SMILES string of the molecule is N#Cc1ccc(NC2CCCN(c3ccccc3F)C2)cc1. The molecule has 1 saturated heterocycles. The van der Waals surface area contributed by atoms with Gasteiger partial charge in [-0.2, -0.15) is 5.26 Å². The summed E-state index contributed by atoms with van der Waals surface area (Å²) >= 11 is 0. The van der Waals surface area contributed by atoms with E-state index in [0.717, 1.165) is 31.6 Å². The summed E-state index contributed by atoms with van der Waals surface area (Å²) < 4.78 is 13.9. The molecule has 2 aromatic rings. The minimum absolute atomic E-state index is 0.165. The molecule has 112 valence electrons. The van der Waals surface area contributed by atoms with Gasteiger partial charge in [0, 0.05) is 24.8 Å². The maximum Gasteiger partial charge on any atom is 0.146 e. The van der Waals surface area contributed by atoms with Crippen molar-refractivity contribution in [3.63, 3.8) is 0 Å². The number of piperidine rings is 1. The van der Waals surface area contributed by atoms with Crippen LogP contribution >= 0.6 is 0 Å². The molecule has 0 spiro atoms. The molecule has 0 bridgehead atoms. The third-order valence-corrected chi connectivity index (χ3v) is 4.00. The topological polar surface area (TPSA) is 39.1 Å². The highest BCUT2D eigenvalue weighted by atomic mass is 19.1. The first-order valence-electron chi connectivity index (χ1n) is 7.52. The normalized spacial score (nSPS) is 17.8. The van der Waals surface area contributed by atoms with Crippen LogP contribution in [0.15, 0.2) is 48.5 Å². The Kier molecular flexibility index (Phi) is 4.24. The van der Waals surface area contributed by atoms with Crippen LogP contribution in [0.4, 0.5) is 15.8 Å². The molecule has 1 aliphatic heterocycles. The number of para-hydroxylation sites is 1. The fourth-order valence-electron chi connectivity index (χ4n) is 2.90. The Morgan fingerprint density at radius 3 is 2.64 bits per heavy atom. The number of nitriles is 1. The predicted octanol–water partition coefficient (Wildman–Crippen LogP) is 3.78. The van der Waals surface area contributed by atoms with Crippen LogP contribution in [0.2, 0.25) is 0 Å². The molecular formula is C18H18FN3. The van der Waals surface area contributed by atoms with E-state index in [0.29, 0.717) is 11.3 Å². The van der Waals surface area contributed by atoms with Gasteiger partial charge in [0.15, 0.2) is 0 Å². The number of nitrogens with one attached hydrogen (secondary N) is 1. The van der Waals surface area contributed by atoms with E-state index in [2.05, 4.69) is 16.3 Å². The van der Waals surface area contributed by atoms with Crippen LogP contribution < -0.4 is 10.2 Å². The van der Waals surface area contributed by atoms with Gasteiger partial charge in [0.2, 0.25) is 0 Å². The number of anilines is 2. The van der Waals surface area contributed by atoms with E-state index in [4.69, 9.17) is 5.26 Å². The third-order valence-electron chi connectivity index (χ3n) is 4.00. The Morgan fingerprint density at radius 1 is 1.14 bits per heavy atom. The fraction of sp³-hybridized carbons (Fsp3) is 0.278. The molecule has 1 atom stereocenters. The highest BCUT2D eigenvalue weighted by Crippen LogP contribution is 2.24. The van der Waals surface area contributed by atoms with E-state index >= 15 is 0 Å². The van der Waals surface area contributed by atoms with Gasteiger partial charge in [-0.25, -0.2) is 4.39 Å². The Labute approximate surface area is 130 Å². The number of hydrogen-bond donors (Lipinski definition) is 1. The maximum atomic E-state index is 13.9. The Balaban J connectivity index is 1.68. The summed E-state index contributed by atoms with van der Waals surface area (Å²) in [6, 6.07) is 16.8. The van der Waals surface area contributed by atoms with Crippen LogP contribution in [-0.4, -0.2) is 19.1 Å². The van der Waals surface area contributed by atoms with E-state index in [1.165, 1.54) is 6.07 Å². The maximum absolute atomic E-state index is 13.9. The molecule has 22 heavy (non-hydrogen) atoms. The summed E-state index contributed by atoms with van der Waals surface area (Å²) in [7, 11) is 0. The highest BCUT2D eigenvalue weighted by Gasteiger charge is 2.21. The van der Waals surface area contributed by atoms with E-state index in [9.17, 15) is 4.39 Å². The summed E-state index contributed by atoms with van der Waals surface area (Å²) in [4.78, 5) is 2.10. The standard InChI is InChI=1S/C18H18FN3/c19-17-5-1-2-6-18(17)22-11-3-4-16(13-22)21-15-9-7-14(12-20)8-10-15/h1-2,5-10,16,21H,3-4,11,13H2. The first-order chi connectivity index (χ1) is 10.8. The van der Waals surface area contributed by atoms with Gasteiger partial charge < -0.3 is 10.2 Å². The monoisotopic (exact) mass is 295 g/mol. The lowest BCUT2D eigenvalue weighted by Crippen LogP contribution is -2.42. The summed E-state index contributed by atoms with van der Waals surface area (Å²) in [5, 5.41) is 12.3. The molecule has 4 heteroatoms. The molecule has 1 aliphatic rings. The summed E-state index contributed by atoms with van der Waals surface area (Å²) in [5.41, 5.74) is 2.33. The second-order valence-corrected chi connectivity index (χ2v) is 5.57. The van der Waals surface area contributed by atoms with Crippen molar-refractivity contribution in [3.8, 4) is 6.07 Å². The van der Waals surface area contributed by atoms with E-state index in [1.807, 2.05) is 24.3 Å². The van der Waals surface area contributed by atoms with E-state index in [-0.39, 0.29) is 11.9 Å². The molecule has 1 N–H and O–H groups in total. The van der Waals surface area contributed by atoms with Crippen molar-refractivity contribution >= 4 is 11.4 Å². The molecule has 2 aromatic carbocycles. The first kappa shape index (κ1) is 14.4. The molecule has 0 radical (unpaired) electrons. The van der Waals surface area contributed by atoms with Gasteiger partial charge >= 0.3 is 0 Å². The van der Waals surface area contributed by atoms with Crippen molar-refractivity contribution in [2.24, 2.45) is 0 Å². The number of nitrogens with zero attached hydrogens (tertiary/aromatic N) is 2. The number of halogens is 1. The van der Waals surface area contributed by atoms with Gasteiger partial charge in [-0.1, -0.05) is 12.1 Å². The molecule has 3 rings (SSSR count). The predicted molar refractivity (Wildman–Crippen MR) is 86.4 cm³/mol. The molecule has 0 saturated carbocycles. The van der Waals surface area contributed by atoms with Gasteiger partial charge in [0.25, 0.3) is 0 Å². The minimum Gasteiger partial charge on any atom is -0.381 e. The molecule has 0 aromatic heterocycles. The molecular weight excluding hydrogens is 277 g/mol. The average molecular weight is 295 g/mol. The van der Waals surface area contributed by atoms with Crippen molar-refractivity contribution in [3.05, 3.63) is 59.9 Å². The molecule has 0 amide bonds. The zero-order chi connectivity index (χ0) is 15.4. The van der Waals surface area contributed by atoms with Crippen LogP contribution in [0.1, 0.15) is 18.4 Å². The fourth-order valence-corrected chi connectivity index (χ4v) is 2.90. The van der Waals surface area contributed by atoms with Gasteiger partial charge in [0.1, 0.15) is 5.82 Å². The molecule has 3 nitrogen and oxygen atoms in total. The van der Waals surface area contributed by atoms with Crippen LogP contribution in [-0.2, 0) is 0 Å². The molecule has 1 fully saturated rings. The Morgan fingerprint density at radius 2 is 1.91 bits per heavy atom. The zero-order valence-electron chi connectivity index (χ0n) is 12.3. The van der Waals surface area contributed by atoms with Crippen molar-refractivity contribution < 1.29 is 4.39 Å². The largest absolute Gasteiger partial charge is 0.381 e. The lowest BCUT2D eigenvalue weighted by atomic mass is 10.0. The van der Waals surface area contributed by atoms with Crippen LogP contribution in [0, 0.1) is 17.1 Å². The highest BCUT2D eigenvalue weighted by molar-refractivity contribution is 5.51. The van der Waals surface area contributed by atoms with E-state index < -0.39 is 0 Å². The summed E-state index contributed by atoms with van der Waals surface area (Å²) in [6.07, 6.45) is 2.09. The van der Waals surface area contributed by atoms with E-state index in [1.54, 1.807) is 18.2 Å². The van der Waals surface area contributed by atoms with Crippen molar-refractivity contribution in [1.82, 2.24) is 0 Å². The smallest absolute Gasteiger partial charge is 0.146 e. The second-order valence-electron chi connectivity index (χ2n) is 5.57. The average Bonchev–Trinajstić information content (AvgIpc) is 2.56. The van der Waals surface area contributed by atoms with Crippen molar-refractivity contribution in [2.75, 3.05) is 23.3 Å². The third kappa shape index (κ3) is 3.20. The second kappa shape index (κ2) is 6.48. The van der Waals surface area contributed by atoms with Crippen LogP contribution in [0.3, 0.4) is 0 Å². The lowest BCUT2D eigenvalue weighted by molar-refractivity contribution is 0.519. The Hall–Kier alpha value is -2.54. The first-order valence-corrected chi connectivity index (χ1v) is 7.52. The van der Waals surface area contributed by atoms with Crippen LogP contribution in [0.5, 0.6) is 0 Å². The lowest BCUT2D eigenvalue weighted by Gasteiger charge is -2.35.